The standard InChI is InChI=1S/C9H13N5O/c10-7-9(13-4-3-12-7)14-5-1-2-6(14)8(11)15/h3-4,6H,1-2,5H2,(H2,10,12)(H2,11,15). The zero-order valence-corrected chi connectivity index (χ0v) is 8.26. The highest BCUT2D eigenvalue weighted by Crippen LogP contribution is 2.26. The molecular weight excluding hydrogens is 194 g/mol. The van der Waals surface area contributed by atoms with E-state index in [-0.39, 0.29) is 11.9 Å². The van der Waals surface area contributed by atoms with Gasteiger partial charge in [0.1, 0.15) is 6.04 Å². The van der Waals surface area contributed by atoms with E-state index in [2.05, 4.69) is 9.97 Å². The van der Waals surface area contributed by atoms with Crippen molar-refractivity contribution < 1.29 is 4.79 Å². The molecular formula is C9H13N5O. The Bertz CT molecular complexity index is 381. The Kier molecular flexibility index (Phi) is 2.40. The predicted octanol–water partition coefficient (Wildman–Crippen LogP) is -0.487. The molecule has 1 aromatic rings. The lowest BCUT2D eigenvalue weighted by atomic mass is 10.2. The zero-order chi connectivity index (χ0) is 10.8. The fourth-order valence-electron chi connectivity index (χ4n) is 1.88. The first-order valence-electron chi connectivity index (χ1n) is 4.82. The van der Waals surface area contributed by atoms with Crippen LogP contribution in [0.4, 0.5) is 11.6 Å². The van der Waals surface area contributed by atoms with Crippen LogP contribution in [0.2, 0.25) is 0 Å². The summed E-state index contributed by atoms with van der Waals surface area (Å²) in [6, 6.07) is -0.302. The van der Waals surface area contributed by atoms with Gasteiger partial charge in [0.2, 0.25) is 5.91 Å². The van der Waals surface area contributed by atoms with E-state index >= 15 is 0 Å². The van der Waals surface area contributed by atoms with E-state index in [1.54, 1.807) is 6.20 Å². The summed E-state index contributed by atoms with van der Waals surface area (Å²) >= 11 is 0. The number of rotatable bonds is 2. The lowest BCUT2D eigenvalue weighted by molar-refractivity contribution is -0.119. The van der Waals surface area contributed by atoms with Gasteiger partial charge in [-0.2, -0.15) is 0 Å². The molecule has 15 heavy (non-hydrogen) atoms. The summed E-state index contributed by atoms with van der Waals surface area (Å²) in [5, 5.41) is 0. The maximum Gasteiger partial charge on any atom is 0.240 e. The smallest absolute Gasteiger partial charge is 0.240 e. The molecule has 80 valence electrons. The molecule has 1 saturated heterocycles. The van der Waals surface area contributed by atoms with E-state index in [9.17, 15) is 4.79 Å². The molecule has 0 radical (unpaired) electrons. The van der Waals surface area contributed by atoms with E-state index in [0.29, 0.717) is 11.6 Å². The Morgan fingerprint density at radius 1 is 1.47 bits per heavy atom. The highest BCUT2D eigenvalue weighted by atomic mass is 16.1. The molecule has 4 N–H and O–H groups in total. The van der Waals surface area contributed by atoms with E-state index in [0.717, 1.165) is 19.4 Å². The molecule has 0 bridgehead atoms. The van der Waals surface area contributed by atoms with Crippen molar-refractivity contribution in [2.45, 2.75) is 18.9 Å². The van der Waals surface area contributed by atoms with Crippen molar-refractivity contribution in [3.05, 3.63) is 12.4 Å². The minimum absolute atomic E-state index is 0.302. The highest BCUT2D eigenvalue weighted by molar-refractivity contribution is 5.84. The number of aromatic nitrogens is 2. The summed E-state index contributed by atoms with van der Waals surface area (Å²) in [4.78, 5) is 21.1. The number of primary amides is 1. The minimum Gasteiger partial charge on any atom is -0.381 e. The second-order valence-corrected chi connectivity index (χ2v) is 3.52. The van der Waals surface area contributed by atoms with Crippen molar-refractivity contribution in [3.63, 3.8) is 0 Å². The molecule has 2 rings (SSSR count). The van der Waals surface area contributed by atoms with Crippen LogP contribution in [0.15, 0.2) is 12.4 Å². The lowest BCUT2D eigenvalue weighted by Gasteiger charge is -2.23. The molecule has 1 aliphatic rings. The topological polar surface area (TPSA) is 98.1 Å². The molecule has 0 aliphatic carbocycles. The van der Waals surface area contributed by atoms with Crippen molar-refractivity contribution in [1.82, 2.24) is 9.97 Å². The van der Waals surface area contributed by atoms with Crippen LogP contribution in [0.1, 0.15) is 12.8 Å². The van der Waals surface area contributed by atoms with Crippen LogP contribution in [0.25, 0.3) is 0 Å². The Morgan fingerprint density at radius 2 is 2.20 bits per heavy atom. The maximum atomic E-state index is 11.2. The van der Waals surface area contributed by atoms with E-state index in [4.69, 9.17) is 11.5 Å². The minimum atomic E-state index is -0.336. The van der Waals surface area contributed by atoms with E-state index in [1.165, 1.54) is 6.20 Å². The Hall–Kier alpha value is -1.85. The van der Waals surface area contributed by atoms with Gasteiger partial charge < -0.3 is 16.4 Å². The third-order valence-corrected chi connectivity index (χ3v) is 2.56. The SMILES string of the molecule is NC(=O)C1CCCN1c1nccnc1N. The monoisotopic (exact) mass is 207 g/mol. The fourth-order valence-corrected chi connectivity index (χ4v) is 1.88. The third kappa shape index (κ3) is 1.70. The van der Waals surface area contributed by atoms with Gasteiger partial charge in [0.25, 0.3) is 0 Å². The van der Waals surface area contributed by atoms with Crippen LogP contribution in [0, 0.1) is 0 Å². The lowest BCUT2D eigenvalue weighted by Crippen LogP contribution is -2.41. The molecule has 0 aromatic carbocycles. The molecule has 6 nitrogen and oxygen atoms in total. The van der Waals surface area contributed by atoms with Gasteiger partial charge in [0.05, 0.1) is 0 Å². The highest BCUT2D eigenvalue weighted by Gasteiger charge is 2.31. The van der Waals surface area contributed by atoms with Gasteiger partial charge in [-0.25, -0.2) is 9.97 Å². The molecule has 1 atom stereocenters. The molecule has 0 spiro atoms. The van der Waals surface area contributed by atoms with E-state index < -0.39 is 0 Å². The average molecular weight is 207 g/mol. The number of hydrogen-bond acceptors (Lipinski definition) is 5. The first-order chi connectivity index (χ1) is 7.20. The second kappa shape index (κ2) is 3.72. The summed E-state index contributed by atoms with van der Waals surface area (Å²) in [6.07, 6.45) is 4.76. The molecule has 1 fully saturated rings. The van der Waals surface area contributed by atoms with Gasteiger partial charge in [-0.15, -0.1) is 0 Å². The molecule has 1 amide bonds. The third-order valence-electron chi connectivity index (χ3n) is 2.56. The molecule has 6 heteroatoms. The number of anilines is 2. The van der Waals surface area contributed by atoms with Crippen LogP contribution in [-0.4, -0.2) is 28.5 Å². The summed E-state index contributed by atoms with van der Waals surface area (Å²) in [5.74, 6) is 0.557. The van der Waals surface area contributed by atoms with Crippen LogP contribution in [-0.2, 0) is 4.79 Å². The number of nitrogen functional groups attached to an aromatic ring is 1. The number of amides is 1. The summed E-state index contributed by atoms with van der Waals surface area (Å²) < 4.78 is 0. The molecule has 1 unspecified atom stereocenters. The normalized spacial score (nSPS) is 20.5. The van der Waals surface area contributed by atoms with Crippen molar-refractivity contribution in [2.24, 2.45) is 5.73 Å². The van der Waals surface area contributed by atoms with Crippen molar-refractivity contribution in [2.75, 3.05) is 17.2 Å². The van der Waals surface area contributed by atoms with Gasteiger partial charge in [0, 0.05) is 18.9 Å². The summed E-state index contributed by atoms with van der Waals surface area (Å²) in [7, 11) is 0. The number of carbonyl (C=O) groups excluding carboxylic acids is 1. The van der Waals surface area contributed by atoms with Gasteiger partial charge in [-0.1, -0.05) is 0 Å². The fraction of sp³-hybridized carbons (Fsp3) is 0.444. The number of hydrogen-bond donors (Lipinski definition) is 2. The first kappa shape index (κ1) is 9.70. The van der Waals surface area contributed by atoms with Crippen LogP contribution in [0.3, 0.4) is 0 Å². The number of carbonyl (C=O) groups is 1. The number of nitrogens with zero attached hydrogens (tertiary/aromatic N) is 3. The number of nitrogens with two attached hydrogens (primary N) is 2. The average Bonchev–Trinajstić information content (AvgIpc) is 2.67. The van der Waals surface area contributed by atoms with Gasteiger partial charge in [-0.05, 0) is 12.8 Å². The summed E-state index contributed by atoms with van der Waals surface area (Å²) in [5.41, 5.74) is 11.0. The maximum absolute atomic E-state index is 11.2. The van der Waals surface area contributed by atoms with Gasteiger partial charge in [-0.3, -0.25) is 4.79 Å². The molecule has 1 aromatic heterocycles. The predicted molar refractivity (Wildman–Crippen MR) is 56.0 cm³/mol. The molecule has 2 heterocycles. The van der Waals surface area contributed by atoms with Crippen molar-refractivity contribution >= 4 is 17.5 Å². The van der Waals surface area contributed by atoms with Gasteiger partial charge in [0.15, 0.2) is 11.6 Å². The molecule has 1 aliphatic heterocycles. The Labute approximate surface area is 87.3 Å². The largest absolute Gasteiger partial charge is 0.381 e. The quantitative estimate of drug-likeness (QED) is 0.682. The second-order valence-electron chi connectivity index (χ2n) is 3.52. The van der Waals surface area contributed by atoms with Crippen molar-refractivity contribution in [3.8, 4) is 0 Å². The Balaban J connectivity index is 2.30. The van der Waals surface area contributed by atoms with Crippen LogP contribution < -0.4 is 16.4 Å². The molecule has 0 saturated carbocycles. The zero-order valence-electron chi connectivity index (χ0n) is 8.26. The van der Waals surface area contributed by atoms with Crippen molar-refractivity contribution in [1.29, 1.82) is 0 Å². The van der Waals surface area contributed by atoms with Crippen LogP contribution in [0.5, 0.6) is 0 Å². The first-order valence-corrected chi connectivity index (χ1v) is 4.82. The van der Waals surface area contributed by atoms with Gasteiger partial charge >= 0.3 is 0 Å². The van der Waals surface area contributed by atoms with E-state index in [1.807, 2.05) is 4.90 Å². The van der Waals surface area contributed by atoms with Crippen LogP contribution >= 0.6 is 0 Å². The summed E-state index contributed by atoms with van der Waals surface area (Å²) in [6.45, 7) is 0.747. The Morgan fingerprint density at radius 3 is 2.87 bits per heavy atom.